The van der Waals surface area contributed by atoms with Gasteiger partial charge in [0.15, 0.2) is 0 Å². The molecule has 2 N–H and O–H groups in total. The number of carbonyl (C=O) groups is 1. The Morgan fingerprint density at radius 2 is 1.95 bits per heavy atom. The third-order valence-electron chi connectivity index (χ3n) is 3.24. The lowest BCUT2D eigenvalue weighted by Crippen LogP contribution is -2.27. The molecule has 0 saturated carbocycles. The number of anilines is 1. The van der Waals surface area contributed by atoms with Crippen molar-refractivity contribution in [3.8, 4) is 0 Å². The number of amides is 1. The maximum absolute atomic E-state index is 13.2. The van der Waals surface area contributed by atoms with Crippen LogP contribution in [0.15, 0.2) is 48.5 Å². The van der Waals surface area contributed by atoms with Crippen molar-refractivity contribution in [3.05, 3.63) is 65.5 Å². The van der Waals surface area contributed by atoms with Crippen LogP contribution in [0.2, 0.25) is 0 Å². The van der Waals surface area contributed by atoms with E-state index >= 15 is 0 Å². The van der Waals surface area contributed by atoms with Crippen molar-refractivity contribution >= 4 is 11.6 Å². The summed E-state index contributed by atoms with van der Waals surface area (Å²) in [6.07, 6.45) is 0. The number of hydrogen-bond acceptors (Lipinski definition) is 2. The number of halogens is 1. The minimum absolute atomic E-state index is 0.177. The van der Waals surface area contributed by atoms with Crippen molar-refractivity contribution in [1.29, 1.82) is 0 Å². The Morgan fingerprint density at radius 3 is 2.67 bits per heavy atom. The first kappa shape index (κ1) is 15.0. The van der Waals surface area contributed by atoms with Crippen LogP contribution >= 0.6 is 0 Å². The Balaban J connectivity index is 2.14. The van der Waals surface area contributed by atoms with Gasteiger partial charge in [-0.3, -0.25) is 4.79 Å². The van der Waals surface area contributed by atoms with Crippen molar-refractivity contribution in [2.45, 2.75) is 19.9 Å². The van der Waals surface area contributed by atoms with E-state index in [1.54, 1.807) is 18.2 Å². The molecule has 0 aliphatic carbocycles. The molecule has 0 saturated heterocycles. The summed E-state index contributed by atoms with van der Waals surface area (Å²) < 4.78 is 13.2. The second kappa shape index (κ2) is 6.88. The second-order valence-electron chi connectivity index (χ2n) is 4.83. The Hall–Kier alpha value is -2.36. The number of hydrogen-bond donors (Lipinski definition) is 2. The van der Waals surface area contributed by atoms with Gasteiger partial charge < -0.3 is 10.6 Å². The van der Waals surface area contributed by atoms with Gasteiger partial charge in [0.1, 0.15) is 5.82 Å². The quantitative estimate of drug-likeness (QED) is 0.879. The summed E-state index contributed by atoms with van der Waals surface area (Å²) in [5, 5.41) is 6.05. The van der Waals surface area contributed by atoms with E-state index in [1.165, 1.54) is 12.1 Å². The molecule has 21 heavy (non-hydrogen) atoms. The van der Waals surface area contributed by atoms with Crippen molar-refractivity contribution < 1.29 is 9.18 Å². The van der Waals surface area contributed by atoms with Crippen molar-refractivity contribution in [1.82, 2.24) is 5.32 Å². The first-order chi connectivity index (χ1) is 10.1. The molecule has 2 aromatic rings. The lowest BCUT2D eigenvalue weighted by atomic mass is 10.1. The lowest BCUT2D eigenvalue weighted by molar-refractivity contribution is 0.0940. The Morgan fingerprint density at radius 1 is 1.19 bits per heavy atom. The molecule has 1 amide bonds. The van der Waals surface area contributed by atoms with E-state index < -0.39 is 0 Å². The molecule has 0 aromatic heterocycles. The summed E-state index contributed by atoms with van der Waals surface area (Å²) in [6, 6.07) is 13.3. The van der Waals surface area contributed by atoms with E-state index in [0.29, 0.717) is 5.56 Å². The predicted octanol–water partition coefficient (Wildman–Crippen LogP) is 3.75. The molecule has 0 aliphatic rings. The summed E-state index contributed by atoms with van der Waals surface area (Å²) in [7, 11) is 0. The molecule has 0 fully saturated rings. The van der Waals surface area contributed by atoms with E-state index in [2.05, 4.69) is 10.6 Å². The molecule has 110 valence electrons. The number of rotatable bonds is 5. The Kier molecular flexibility index (Phi) is 4.93. The van der Waals surface area contributed by atoms with Gasteiger partial charge in [-0.1, -0.05) is 24.3 Å². The maximum Gasteiger partial charge on any atom is 0.253 e. The van der Waals surface area contributed by atoms with E-state index in [-0.39, 0.29) is 17.8 Å². The molecule has 0 radical (unpaired) electrons. The van der Waals surface area contributed by atoms with Crippen LogP contribution in [0.3, 0.4) is 0 Å². The minimum atomic E-state index is -0.304. The molecule has 0 heterocycles. The monoisotopic (exact) mass is 286 g/mol. The third kappa shape index (κ3) is 3.81. The van der Waals surface area contributed by atoms with E-state index in [4.69, 9.17) is 0 Å². The summed E-state index contributed by atoms with van der Waals surface area (Å²) in [5.41, 5.74) is 2.12. The smallest absolute Gasteiger partial charge is 0.253 e. The standard InChI is InChI=1S/C17H19FN2O/c1-3-19-16-10-5-4-9-15(16)17(21)20-12(2)13-7-6-8-14(18)11-13/h4-12,19H,3H2,1-2H3,(H,20,21)/t12-/m1/s1. The lowest BCUT2D eigenvalue weighted by Gasteiger charge is -2.16. The van der Waals surface area contributed by atoms with Gasteiger partial charge >= 0.3 is 0 Å². The predicted molar refractivity (Wildman–Crippen MR) is 82.9 cm³/mol. The highest BCUT2D eigenvalue weighted by Gasteiger charge is 2.14. The maximum atomic E-state index is 13.2. The topological polar surface area (TPSA) is 41.1 Å². The number of nitrogens with one attached hydrogen (secondary N) is 2. The van der Waals surface area contributed by atoms with Crippen molar-refractivity contribution in [2.75, 3.05) is 11.9 Å². The van der Waals surface area contributed by atoms with Crippen LogP contribution in [0.25, 0.3) is 0 Å². The first-order valence-electron chi connectivity index (χ1n) is 7.01. The van der Waals surface area contributed by atoms with E-state index in [0.717, 1.165) is 17.8 Å². The molecule has 4 heteroatoms. The zero-order valence-corrected chi connectivity index (χ0v) is 12.2. The molecule has 3 nitrogen and oxygen atoms in total. The number of benzene rings is 2. The van der Waals surface area contributed by atoms with Crippen LogP contribution in [0.4, 0.5) is 10.1 Å². The van der Waals surface area contributed by atoms with Gasteiger partial charge in [0.25, 0.3) is 5.91 Å². The zero-order chi connectivity index (χ0) is 15.2. The van der Waals surface area contributed by atoms with Gasteiger partial charge in [0.2, 0.25) is 0 Å². The highest BCUT2D eigenvalue weighted by atomic mass is 19.1. The summed E-state index contributed by atoms with van der Waals surface area (Å²) in [5.74, 6) is -0.482. The van der Waals surface area contributed by atoms with Gasteiger partial charge in [-0.2, -0.15) is 0 Å². The minimum Gasteiger partial charge on any atom is -0.385 e. The van der Waals surface area contributed by atoms with Crippen LogP contribution in [0.5, 0.6) is 0 Å². The molecule has 1 atom stereocenters. The number of para-hydroxylation sites is 1. The second-order valence-corrected chi connectivity index (χ2v) is 4.83. The third-order valence-corrected chi connectivity index (χ3v) is 3.24. The van der Waals surface area contributed by atoms with Gasteiger partial charge in [-0.05, 0) is 43.7 Å². The molecular formula is C17H19FN2O. The molecule has 0 aliphatic heterocycles. The average Bonchev–Trinajstić information content (AvgIpc) is 2.48. The molecule has 0 spiro atoms. The molecule has 0 bridgehead atoms. The van der Waals surface area contributed by atoms with Crippen molar-refractivity contribution in [3.63, 3.8) is 0 Å². The summed E-state index contributed by atoms with van der Waals surface area (Å²) in [6.45, 7) is 4.55. The fraction of sp³-hybridized carbons (Fsp3) is 0.235. The first-order valence-corrected chi connectivity index (χ1v) is 7.01. The fourth-order valence-corrected chi connectivity index (χ4v) is 2.16. The van der Waals surface area contributed by atoms with Crippen LogP contribution in [-0.4, -0.2) is 12.5 Å². The molecule has 0 unspecified atom stereocenters. The largest absolute Gasteiger partial charge is 0.385 e. The highest BCUT2D eigenvalue weighted by Crippen LogP contribution is 2.18. The molecule has 2 rings (SSSR count). The fourth-order valence-electron chi connectivity index (χ4n) is 2.16. The molecule has 2 aromatic carbocycles. The van der Waals surface area contributed by atoms with Crippen molar-refractivity contribution in [2.24, 2.45) is 0 Å². The van der Waals surface area contributed by atoms with Gasteiger partial charge in [-0.15, -0.1) is 0 Å². The normalized spacial score (nSPS) is 11.8. The van der Waals surface area contributed by atoms with E-state index in [1.807, 2.05) is 32.0 Å². The molecular weight excluding hydrogens is 267 g/mol. The van der Waals surface area contributed by atoms with Crippen LogP contribution < -0.4 is 10.6 Å². The van der Waals surface area contributed by atoms with Gasteiger partial charge in [0, 0.05) is 12.2 Å². The Bertz CT molecular complexity index is 628. The average molecular weight is 286 g/mol. The van der Waals surface area contributed by atoms with Gasteiger partial charge in [0.05, 0.1) is 11.6 Å². The van der Waals surface area contributed by atoms with Crippen LogP contribution in [0, 0.1) is 5.82 Å². The Labute approximate surface area is 124 Å². The highest BCUT2D eigenvalue weighted by molar-refractivity contribution is 5.99. The van der Waals surface area contributed by atoms with Gasteiger partial charge in [-0.25, -0.2) is 4.39 Å². The SMILES string of the molecule is CCNc1ccccc1C(=O)N[C@H](C)c1cccc(F)c1. The number of carbonyl (C=O) groups excluding carboxylic acids is 1. The van der Waals surface area contributed by atoms with Crippen LogP contribution in [-0.2, 0) is 0 Å². The zero-order valence-electron chi connectivity index (χ0n) is 12.2. The summed E-state index contributed by atoms with van der Waals surface area (Å²) >= 11 is 0. The van der Waals surface area contributed by atoms with Crippen LogP contribution in [0.1, 0.15) is 35.8 Å². The van der Waals surface area contributed by atoms with E-state index in [9.17, 15) is 9.18 Å². The summed E-state index contributed by atoms with van der Waals surface area (Å²) in [4.78, 5) is 12.4.